The summed E-state index contributed by atoms with van der Waals surface area (Å²) in [5.74, 6) is 1.64. The van der Waals surface area contributed by atoms with E-state index in [2.05, 4.69) is 0 Å². The van der Waals surface area contributed by atoms with E-state index in [4.69, 9.17) is 4.74 Å². The van der Waals surface area contributed by atoms with Gasteiger partial charge in [0.25, 0.3) is 0 Å². The van der Waals surface area contributed by atoms with Crippen LogP contribution in [0.15, 0.2) is 18.2 Å². The van der Waals surface area contributed by atoms with Crippen LogP contribution in [0.25, 0.3) is 0 Å². The predicted molar refractivity (Wildman–Crippen MR) is 77.6 cm³/mol. The number of aryl methyl sites for hydroxylation is 2. The highest BCUT2D eigenvalue weighted by Gasteiger charge is 2.20. The molecule has 0 amide bonds. The van der Waals surface area contributed by atoms with Gasteiger partial charge in [-0.1, -0.05) is 37.5 Å². The van der Waals surface area contributed by atoms with Gasteiger partial charge in [0.1, 0.15) is 11.5 Å². The van der Waals surface area contributed by atoms with E-state index in [0.29, 0.717) is 24.7 Å². The van der Waals surface area contributed by atoms with Gasteiger partial charge in [-0.3, -0.25) is 4.79 Å². The van der Waals surface area contributed by atoms with Crippen molar-refractivity contribution in [3.63, 3.8) is 0 Å². The molecule has 104 valence electrons. The molecule has 0 aromatic heterocycles. The third-order valence-electron chi connectivity index (χ3n) is 4.06. The standard InChI is InChI=1S/C17H24O2/c1-13-7-6-8-14(2)17(13)19-12-11-16(18)15-9-4-3-5-10-15/h6-8,15H,3-5,9-12H2,1-2H3. The number of carbonyl (C=O) groups excluding carboxylic acids is 1. The molecule has 19 heavy (non-hydrogen) atoms. The lowest BCUT2D eigenvalue weighted by Crippen LogP contribution is -2.19. The van der Waals surface area contributed by atoms with Gasteiger partial charge in [-0.15, -0.1) is 0 Å². The van der Waals surface area contributed by atoms with E-state index in [1.54, 1.807) is 0 Å². The van der Waals surface area contributed by atoms with E-state index >= 15 is 0 Å². The predicted octanol–water partition coefficient (Wildman–Crippen LogP) is 4.22. The second-order valence-corrected chi connectivity index (χ2v) is 5.62. The van der Waals surface area contributed by atoms with E-state index in [1.165, 1.54) is 19.3 Å². The molecule has 0 unspecified atom stereocenters. The van der Waals surface area contributed by atoms with Gasteiger partial charge in [-0.05, 0) is 37.8 Å². The molecule has 0 heterocycles. The van der Waals surface area contributed by atoms with E-state index < -0.39 is 0 Å². The highest BCUT2D eigenvalue weighted by molar-refractivity contribution is 5.81. The van der Waals surface area contributed by atoms with Crippen molar-refractivity contribution in [1.29, 1.82) is 0 Å². The van der Waals surface area contributed by atoms with Crippen LogP contribution in [-0.2, 0) is 4.79 Å². The molecule has 0 spiro atoms. The molecule has 1 aliphatic carbocycles. The topological polar surface area (TPSA) is 26.3 Å². The fourth-order valence-electron chi connectivity index (χ4n) is 2.91. The number of hydrogen-bond acceptors (Lipinski definition) is 2. The van der Waals surface area contributed by atoms with Crippen LogP contribution >= 0.6 is 0 Å². The molecule has 1 aliphatic rings. The summed E-state index contributed by atoms with van der Waals surface area (Å²) < 4.78 is 5.81. The van der Waals surface area contributed by atoms with E-state index in [0.717, 1.165) is 29.7 Å². The normalized spacial score (nSPS) is 16.3. The minimum absolute atomic E-state index is 0.301. The molecule has 2 rings (SSSR count). The van der Waals surface area contributed by atoms with Crippen molar-refractivity contribution in [3.05, 3.63) is 29.3 Å². The van der Waals surface area contributed by atoms with Gasteiger partial charge in [-0.25, -0.2) is 0 Å². The van der Waals surface area contributed by atoms with Crippen molar-refractivity contribution in [2.24, 2.45) is 5.92 Å². The summed E-state index contributed by atoms with van der Waals surface area (Å²) in [7, 11) is 0. The van der Waals surface area contributed by atoms with Crippen molar-refractivity contribution in [1.82, 2.24) is 0 Å². The van der Waals surface area contributed by atoms with Gasteiger partial charge in [0.15, 0.2) is 0 Å². The molecule has 1 aromatic carbocycles. The molecule has 0 atom stereocenters. The molecule has 0 aliphatic heterocycles. The Morgan fingerprint density at radius 2 is 1.79 bits per heavy atom. The van der Waals surface area contributed by atoms with Crippen molar-refractivity contribution in [2.75, 3.05) is 6.61 Å². The zero-order chi connectivity index (χ0) is 13.7. The maximum absolute atomic E-state index is 12.1. The molecule has 2 heteroatoms. The Bertz CT molecular complexity index is 411. The molecule has 0 radical (unpaired) electrons. The fraction of sp³-hybridized carbons (Fsp3) is 0.588. The monoisotopic (exact) mass is 260 g/mol. The summed E-state index contributed by atoms with van der Waals surface area (Å²) in [5.41, 5.74) is 2.29. The van der Waals surface area contributed by atoms with Gasteiger partial charge in [0.05, 0.1) is 6.61 Å². The highest BCUT2D eigenvalue weighted by Crippen LogP contribution is 2.26. The number of para-hydroxylation sites is 1. The summed E-state index contributed by atoms with van der Waals surface area (Å²) in [4.78, 5) is 12.1. The SMILES string of the molecule is Cc1cccc(C)c1OCCC(=O)C1CCCCC1. The highest BCUT2D eigenvalue weighted by atomic mass is 16.5. The van der Waals surface area contributed by atoms with Gasteiger partial charge in [-0.2, -0.15) is 0 Å². The molecule has 0 N–H and O–H groups in total. The second-order valence-electron chi connectivity index (χ2n) is 5.62. The molecule has 1 saturated carbocycles. The second kappa shape index (κ2) is 6.74. The first kappa shape index (κ1) is 14.1. The van der Waals surface area contributed by atoms with E-state index in [-0.39, 0.29) is 0 Å². The van der Waals surface area contributed by atoms with Crippen LogP contribution in [0.1, 0.15) is 49.7 Å². The first-order valence-corrected chi connectivity index (χ1v) is 7.40. The van der Waals surface area contributed by atoms with Crippen molar-refractivity contribution < 1.29 is 9.53 Å². The average Bonchev–Trinajstić information content (AvgIpc) is 2.43. The van der Waals surface area contributed by atoms with E-state index in [9.17, 15) is 4.79 Å². The van der Waals surface area contributed by atoms with Gasteiger partial charge < -0.3 is 4.74 Å². The van der Waals surface area contributed by atoms with Gasteiger partial charge >= 0.3 is 0 Å². The molecule has 0 bridgehead atoms. The van der Waals surface area contributed by atoms with Crippen LogP contribution in [0.3, 0.4) is 0 Å². The molecule has 0 saturated heterocycles. The van der Waals surface area contributed by atoms with Crippen molar-refractivity contribution >= 4 is 5.78 Å². The Balaban J connectivity index is 1.81. The van der Waals surface area contributed by atoms with Crippen LogP contribution in [-0.4, -0.2) is 12.4 Å². The summed E-state index contributed by atoms with van der Waals surface area (Å²) in [6, 6.07) is 6.13. The Labute approximate surface area is 116 Å². The lowest BCUT2D eigenvalue weighted by Gasteiger charge is -2.20. The maximum atomic E-state index is 12.1. The van der Waals surface area contributed by atoms with E-state index in [1.807, 2.05) is 32.0 Å². The smallest absolute Gasteiger partial charge is 0.139 e. The number of hydrogen-bond donors (Lipinski definition) is 0. The largest absolute Gasteiger partial charge is 0.493 e. The van der Waals surface area contributed by atoms with Crippen LogP contribution in [0.2, 0.25) is 0 Å². The summed E-state index contributed by atoms with van der Waals surface area (Å²) in [5, 5.41) is 0. The first-order chi connectivity index (χ1) is 9.18. The number of ketones is 1. The lowest BCUT2D eigenvalue weighted by atomic mass is 9.85. The number of ether oxygens (including phenoxy) is 1. The first-order valence-electron chi connectivity index (χ1n) is 7.40. The average molecular weight is 260 g/mol. The van der Waals surface area contributed by atoms with Crippen LogP contribution in [0, 0.1) is 19.8 Å². The summed E-state index contributed by atoms with van der Waals surface area (Å²) in [6.07, 6.45) is 6.45. The summed E-state index contributed by atoms with van der Waals surface area (Å²) >= 11 is 0. The van der Waals surface area contributed by atoms with Crippen molar-refractivity contribution in [3.8, 4) is 5.75 Å². The van der Waals surface area contributed by atoms with Crippen LogP contribution < -0.4 is 4.74 Å². The van der Waals surface area contributed by atoms with Crippen molar-refractivity contribution in [2.45, 2.75) is 52.4 Å². The minimum atomic E-state index is 0.301. The quantitative estimate of drug-likeness (QED) is 0.792. The Morgan fingerprint density at radius 1 is 1.16 bits per heavy atom. The molecular formula is C17H24O2. The van der Waals surface area contributed by atoms with Gasteiger partial charge in [0.2, 0.25) is 0 Å². The number of rotatable bonds is 5. The Kier molecular flexibility index (Phi) is 5.00. The molecule has 2 nitrogen and oxygen atoms in total. The molecule has 1 fully saturated rings. The van der Waals surface area contributed by atoms with Crippen LogP contribution in [0.5, 0.6) is 5.75 Å². The Morgan fingerprint density at radius 3 is 2.42 bits per heavy atom. The number of Topliss-reactive ketones (excluding diaryl/α,β-unsaturated/α-hetero) is 1. The Hall–Kier alpha value is -1.31. The molecule has 1 aromatic rings. The minimum Gasteiger partial charge on any atom is -0.493 e. The summed E-state index contributed by atoms with van der Waals surface area (Å²) in [6.45, 7) is 4.61. The zero-order valence-corrected chi connectivity index (χ0v) is 12.1. The van der Waals surface area contributed by atoms with Crippen LogP contribution in [0.4, 0.5) is 0 Å². The maximum Gasteiger partial charge on any atom is 0.139 e. The number of carbonyl (C=O) groups is 1. The fourth-order valence-corrected chi connectivity index (χ4v) is 2.91. The number of benzene rings is 1. The van der Waals surface area contributed by atoms with Gasteiger partial charge in [0, 0.05) is 12.3 Å². The third-order valence-corrected chi connectivity index (χ3v) is 4.06. The lowest BCUT2D eigenvalue weighted by molar-refractivity contribution is -0.124. The third kappa shape index (κ3) is 3.82. The zero-order valence-electron chi connectivity index (χ0n) is 12.1. The molecular weight excluding hydrogens is 236 g/mol.